The molecule has 1 atom stereocenters. The van der Waals surface area contributed by atoms with Gasteiger partial charge in [0.05, 0.1) is 21.7 Å². The molecule has 0 saturated carbocycles. The minimum absolute atomic E-state index is 0.179. The third-order valence-electron chi connectivity index (χ3n) is 6.15. The second-order valence-corrected chi connectivity index (χ2v) is 11.6. The van der Waals surface area contributed by atoms with Gasteiger partial charge in [-0.1, -0.05) is 24.2 Å². The van der Waals surface area contributed by atoms with Gasteiger partial charge < -0.3 is 14.0 Å². The molecule has 1 fully saturated rings. The van der Waals surface area contributed by atoms with E-state index in [4.69, 9.17) is 15.9 Å². The number of rotatable bonds is 4. The molecule has 182 valence electrons. The summed E-state index contributed by atoms with van der Waals surface area (Å²) in [5, 5.41) is 0. The second-order valence-electron chi connectivity index (χ2n) is 8.69. The zero-order chi connectivity index (χ0) is 24.6. The largest absolute Gasteiger partial charge is 0.486 e. The Morgan fingerprint density at radius 3 is 2.60 bits per heavy atom. The number of benzene rings is 2. The fraction of sp³-hybridized carbons (Fsp3) is 0.360. The number of nitrogens with zero attached hydrogens (tertiary/aromatic N) is 3. The van der Waals surface area contributed by atoms with Crippen LogP contribution in [-0.4, -0.2) is 49.5 Å². The van der Waals surface area contributed by atoms with Crippen molar-refractivity contribution in [2.24, 2.45) is 10.9 Å². The molecule has 0 N–H and O–H groups in total. The van der Waals surface area contributed by atoms with Crippen LogP contribution in [0.4, 0.5) is 0 Å². The van der Waals surface area contributed by atoms with E-state index in [-0.39, 0.29) is 11.4 Å². The van der Waals surface area contributed by atoms with Gasteiger partial charge >= 0.3 is 0 Å². The van der Waals surface area contributed by atoms with Crippen LogP contribution in [0.2, 0.25) is 0 Å². The number of hydrogen-bond donors (Lipinski definition) is 0. The van der Waals surface area contributed by atoms with Gasteiger partial charge in [-0.25, -0.2) is 8.42 Å². The molecule has 0 bridgehead atoms. The van der Waals surface area contributed by atoms with Crippen LogP contribution in [-0.2, 0) is 16.6 Å². The number of amides is 1. The van der Waals surface area contributed by atoms with E-state index >= 15 is 0 Å². The van der Waals surface area contributed by atoms with E-state index in [9.17, 15) is 13.2 Å². The van der Waals surface area contributed by atoms with Crippen LogP contribution in [0.1, 0.15) is 30.1 Å². The van der Waals surface area contributed by atoms with Crippen molar-refractivity contribution >= 4 is 37.5 Å². The monoisotopic (exact) mass is 511 g/mol. The average molecular weight is 512 g/mol. The molecule has 0 spiro atoms. The van der Waals surface area contributed by atoms with Crippen molar-refractivity contribution in [2.45, 2.75) is 31.2 Å². The molecule has 0 radical (unpaired) electrons. The molecule has 3 heterocycles. The van der Waals surface area contributed by atoms with E-state index in [2.05, 4.69) is 17.8 Å². The van der Waals surface area contributed by atoms with E-state index in [0.29, 0.717) is 54.1 Å². The van der Waals surface area contributed by atoms with E-state index in [1.165, 1.54) is 39.9 Å². The van der Waals surface area contributed by atoms with Crippen LogP contribution < -0.4 is 14.3 Å². The number of sulfonamides is 1. The van der Waals surface area contributed by atoms with E-state index in [1.54, 1.807) is 4.57 Å². The Kier molecular flexibility index (Phi) is 6.40. The number of carbonyl (C=O) groups excluding carboxylic acids is 1. The predicted molar refractivity (Wildman–Crippen MR) is 133 cm³/mol. The maximum atomic E-state index is 13.0. The maximum absolute atomic E-state index is 13.0. The quantitative estimate of drug-likeness (QED) is 0.502. The van der Waals surface area contributed by atoms with Crippen LogP contribution in [0.5, 0.6) is 11.5 Å². The van der Waals surface area contributed by atoms with Crippen LogP contribution in [0, 0.1) is 18.3 Å². The SMILES string of the molecule is C#CCn1c(=NC(=O)c2ccc(S(=O)(=O)N3CCCC(C)C3)cc2)sc2cc3c(cc21)OCCO3. The molecule has 10 heteroatoms. The van der Waals surface area contributed by atoms with Gasteiger partial charge in [-0.05, 0) is 43.0 Å². The second kappa shape index (κ2) is 9.49. The summed E-state index contributed by atoms with van der Waals surface area (Å²) < 4.78 is 41.5. The van der Waals surface area contributed by atoms with Crippen LogP contribution >= 0.6 is 11.3 Å². The number of hydrogen-bond acceptors (Lipinski definition) is 6. The molecule has 2 aliphatic heterocycles. The highest BCUT2D eigenvalue weighted by atomic mass is 32.2. The van der Waals surface area contributed by atoms with E-state index < -0.39 is 15.9 Å². The molecule has 1 aromatic heterocycles. The number of piperidine rings is 1. The number of thiazole rings is 1. The van der Waals surface area contributed by atoms with Gasteiger partial charge in [0.25, 0.3) is 5.91 Å². The summed E-state index contributed by atoms with van der Waals surface area (Å²) >= 11 is 1.33. The molecule has 1 saturated heterocycles. The molecule has 5 rings (SSSR count). The van der Waals surface area contributed by atoms with Crippen LogP contribution in [0.25, 0.3) is 10.2 Å². The number of aromatic nitrogens is 1. The first kappa shape index (κ1) is 23.6. The summed E-state index contributed by atoms with van der Waals surface area (Å²) in [6.45, 7) is 4.27. The maximum Gasteiger partial charge on any atom is 0.279 e. The molecule has 1 amide bonds. The third-order valence-corrected chi connectivity index (χ3v) is 9.07. The number of terminal acetylenes is 1. The molecular weight excluding hydrogens is 486 g/mol. The highest BCUT2D eigenvalue weighted by Crippen LogP contribution is 2.35. The molecule has 2 aliphatic rings. The summed E-state index contributed by atoms with van der Waals surface area (Å²) in [5.41, 5.74) is 1.10. The van der Waals surface area contributed by atoms with Crippen LogP contribution in [0.3, 0.4) is 0 Å². The first-order valence-electron chi connectivity index (χ1n) is 11.4. The fourth-order valence-electron chi connectivity index (χ4n) is 4.37. The lowest BCUT2D eigenvalue weighted by Crippen LogP contribution is -2.39. The summed E-state index contributed by atoms with van der Waals surface area (Å²) in [4.78, 5) is 17.9. The molecule has 35 heavy (non-hydrogen) atoms. The van der Waals surface area contributed by atoms with Crippen molar-refractivity contribution in [3.05, 3.63) is 46.8 Å². The minimum Gasteiger partial charge on any atom is -0.486 e. The van der Waals surface area contributed by atoms with Crippen molar-refractivity contribution in [1.82, 2.24) is 8.87 Å². The van der Waals surface area contributed by atoms with Crippen molar-refractivity contribution in [2.75, 3.05) is 26.3 Å². The Morgan fingerprint density at radius 2 is 1.91 bits per heavy atom. The van der Waals surface area contributed by atoms with E-state index in [0.717, 1.165) is 23.1 Å². The normalized spacial score (nSPS) is 19.0. The highest BCUT2D eigenvalue weighted by molar-refractivity contribution is 7.89. The third kappa shape index (κ3) is 4.59. The zero-order valence-corrected chi connectivity index (χ0v) is 20.9. The Hall–Kier alpha value is -3.13. The van der Waals surface area contributed by atoms with Gasteiger partial charge in [-0.15, -0.1) is 6.42 Å². The van der Waals surface area contributed by atoms with Gasteiger partial charge in [-0.2, -0.15) is 9.30 Å². The Balaban J connectivity index is 1.46. The summed E-state index contributed by atoms with van der Waals surface area (Å²) in [6, 6.07) is 9.67. The lowest BCUT2D eigenvalue weighted by atomic mass is 10.0. The molecule has 1 unspecified atom stereocenters. The van der Waals surface area contributed by atoms with Crippen molar-refractivity contribution in [3.63, 3.8) is 0 Å². The smallest absolute Gasteiger partial charge is 0.279 e. The van der Waals surface area contributed by atoms with Crippen molar-refractivity contribution in [1.29, 1.82) is 0 Å². The summed E-state index contributed by atoms with van der Waals surface area (Å²) in [7, 11) is -3.59. The van der Waals surface area contributed by atoms with Gasteiger partial charge in [0.1, 0.15) is 13.2 Å². The van der Waals surface area contributed by atoms with Gasteiger partial charge in [0.2, 0.25) is 10.0 Å². The van der Waals surface area contributed by atoms with Crippen LogP contribution in [0.15, 0.2) is 46.3 Å². The predicted octanol–water partition coefficient (Wildman–Crippen LogP) is 3.27. The van der Waals surface area contributed by atoms with Gasteiger partial charge in [0, 0.05) is 30.8 Å². The fourth-order valence-corrected chi connectivity index (χ4v) is 7.01. The Bertz CT molecular complexity index is 1500. The lowest BCUT2D eigenvalue weighted by Gasteiger charge is -2.30. The molecular formula is C25H25N3O5S2. The average Bonchev–Trinajstić information content (AvgIpc) is 3.18. The van der Waals surface area contributed by atoms with Gasteiger partial charge in [0.15, 0.2) is 16.3 Å². The lowest BCUT2D eigenvalue weighted by molar-refractivity contribution is 0.0998. The Labute approximate surface area is 207 Å². The molecule has 0 aliphatic carbocycles. The summed E-state index contributed by atoms with van der Waals surface area (Å²) in [5.74, 6) is 3.74. The zero-order valence-electron chi connectivity index (χ0n) is 19.3. The first-order valence-corrected chi connectivity index (χ1v) is 13.7. The number of ether oxygens (including phenoxy) is 2. The molecule has 8 nitrogen and oxygen atoms in total. The molecule has 2 aromatic carbocycles. The van der Waals surface area contributed by atoms with Gasteiger partial charge in [-0.3, -0.25) is 4.79 Å². The minimum atomic E-state index is -3.59. The Morgan fingerprint density at radius 1 is 1.20 bits per heavy atom. The summed E-state index contributed by atoms with van der Waals surface area (Å²) in [6.07, 6.45) is 7.46. The standard InChI is InChI=1S/C25H25N3O5S2/c1-3-10-28-20-14-21-22(33-13-12-32-21)15-23(20)34-25(28)26-24(29)18-6-8-19(9-7-18)35(30,31)27-11-4-5-17(2)16-27/h1,6-9,14-15,17H,4-5,10-13,16H2,2H3. The van der Waals surface area contributed by atoms with Crippen molar-refractivity contribution in [3.8, 4) is 23.8 Å². The highest BCUT2D eigenvalue weighted by Gasteiger charge is 2.28. The molecule has 3 aromatic rings. The first-order chi connectivity index (χ1) is 16.9. The topological polar surface area (TPSA) is 90.2 Å². The van der Waals surface area contributed by atoms with E-state index in [1.807, 2.05) is 12.1 Å². The van der Waals surface area contributed by atoms with Crippen molar-refractivity contribution < 1.29 is 22.7 Å². The number of fused-ring (bicyclic) bond motifs is 2. The number of carbonyl (C=O) groups is 1.